The number of aromatic nitrogens is 1. The monoisotopic (exact) mass is 322 g/mol. The molecule has 120 valence electrons. The summed E-state index contributed by atoms with van der Waals surface area (Å²) in [7, 11) is 1.94. The quantitative estimate of drug-likeness (QED) is 0.322. The second-order valence-corrected chi connectivity index (χ2v) is 5.41. The van der Waals surface area contributed by atoms with Crippen molar-refractivity contribution in [1.82, 2.24) is 0 Å². The van der Waals surface area contributed by atoms with Crippen LogP contribution in [0, 0.1) is 0 Å². The van der Waals surface area contributed by atoms with Gasteiger partial charge in [-0.25, -0.2) is 9.36 Å². The van der Waals surface area contributed by atoms with Gasteiger partial charge in [-0.05, 0) is 29.8 Å². The van der Waals surface area contributed by atoms with Crippen LogP contribution in [-0.4, -0.2) is 5.97 Å². The molecule has 2 aromatic heterocycles. The third-order valence-electron chi connectivity index (χ3n) is 3.46. The minimum atomic E-state index is -0.444. The van der Waals surface area contributed by atoms with Crippen molar-refractivity contribution >= 4 is 29.1 Å². The van der Waals surface area contributed by atoms with Crippen LogP contribution in [0.3, 0.4) is 0 Å². The molecule has 0 bridgehead atoms. The Morgan fingerprint density at radius 1 is 1.12 bits per heavy atom. The second kappa shape index (κ2) is 6.50. The van der Waals surface area contributed by atoms with Crippen LogP contribution >= 0.6 is 0 Å². The lowest BCUT2D eigenvalue weighted by atomic mass is 10.1. The zero-order chi connectivity index (χ0) is 17.1. The van der Waals surface area contributed by atoms with Crippen LogP contribution in [0.25, 0.3) is 23.1 Å². The normalized spacial score (nSPS) is 11.1. The fourth-order valence-electron chi connectivity index (χ4n) is 2.26. The molecule has 0 aliphatic rings. The molecule has 0 aliphatic carbocycles. The van der Waals surface area contributed by atoms with Gasteiger partial charge in [0.25, 0.3) is 0 Å². The molecule has 5 heteroatoms. The first-order valence-electron chi connectivity index (χ1n) is 7.41. The van der Waals surface area contributed by atoms with Crippen LogP contribution in [0.4, 0.5) is 0 Å². The lowest BCUT2D eigenvalue weighted by Gasteiger charge is -2.03. The molecule has 1 aromatic carbocycles. The maximum absolute atomic E-state index is 12.1. The smallest absolute Gasteiger partial charge is 0.343 e. The van der Waals surface area contributed by atoms with Gasteiger partial charge in [-0.15, -0.1) is 0 Å². The van der Waals surface area contributed by atoms with Gasteiger partial charge in [-0.1, -0.05) is 6.08 Å². The largest absolute Gasteiger partial charge is 0.427 e. The standard InChI is InChI=1S/C19H16NO4/c1-13(21)23-17-6-5-15-11-16(19(22)24-18(15)12-17)4-3-14-7-9-20(2)10-8-14/h3-12H,1-2H3/q+1/b4-3+. The van der Waals surface area contributed by atoms with E-state index in [4.69, 9.17) is 9.15 Å². The van der Waals surface area contributed by atoms with E-state index in [1.54, 1.807) is 24.3 Å². The van der Waals surface area contributed by atoms with Crippen LogP contribution in [0.5, 0.6) is 5.75 Å². The maximum atomic E-state index is 12.1. The summed E-state index contributed by atoms with van der Waals surface area (Å²) >= 11 is 0. The lowest BCUT2D eigenvalue weighted by molar-refractivity contribution is -0.671. The molecule has 0 saturated carbocycles. The number of carbonyl (C=O) groups is 1. The number of fused-ring (bicyclic) bond motifs is 1. The first-order valence-corrected chi connectivity index (χ1v) is 7.41. The van der Waals surface area contributed by atoms with E-state index in [1.807, 2.05) is 42.2 Å². The molecule has 0 amide bonds. The molecule has 5 nitrogen and oxygen atoms in total. The molecule has 3 aromatic rings. The molecule has 0 atom stereocenters. The lowest BCUT2D eigenvalue weighted by Crippen LogP contribution is -2.25. The highest BCUT2D eigenvalue weighted by atomic mass is 16.5. The highest BCUT2D eigenvalue weighted by Crippen LogP contribution is 2.21. The van der Waals surface area contributed by atoms with Crippen molar-refractivity contribution in [2.45, 2.75) is 6.92 Å². The van der Waals surface area contributed by atoms with Crippen molar-refractivity contribution in [2.75, 3.05) is 0 Å². The van der Waals surface area contributed by atoms with Crippen LogP contribution in [-0.2, 0) is 11.8 Å². The third-order valence-corrected chi connectivity index (χ3v) is 3.46. The minimum absolute atomic E-state index is 0.346. The maximum Gasteiger partial charge on any atom is 0.343 e. The topological polar surface area (TPSA) is 60.4 Å². The minimum Gasteiger partial charge on any atom is -0.427 e. The van der Waals surface area contributed by atoms with E-state index in [0.717, 1.165) is 10.9 Å². The molecule has 0 radical (unpaired) electrons. The molecule has 3 rings (SSSR count). The number of carbonyl (C=O) groups excluding carboxylic acids is 1. The highest BCUT2D eigenvalue weighted by Gasteiger charge is 2.06. The molecule has 2 heterocycles. The van der Waals surface area contributed by atoms with E-state index in [2.05, 4.69) is 0 Å². The van der Waals surface area contributed by atoms with Crippen LogP contribution in [0.2, 0.25) is 0 Å². The molecular weight excluding hydrogens is 306 g/mol. The first kappa shape index (κ1) is 15.7. The fourth-order valence-corrected chi connectivity index (χ4v) is 2.26. The molecule has 0 unspecified atom stereocenters. The van der Waals surface area contributed by atoms with E-state index in [0.29, 0.717) is 16.9 Å². The summed E-state index contributed by atoms with van der Waals surface area (Å²) in [6, 6.07) is 10.6. The van der Waals surface area contributed by atoms with Gasteiger partial charge in [-0.3, -0.25) is 4.79 Å². The SMILES string of the molecule is CC(=O)Oc1ccc2cc(/C=C/c3cc[n+](C)cc3)c(=O)oc2c1. The number of hydrogen-bond donors (Lipinski definition) is 0. The number of aryl methyl sites for hydroxylation is 1. The Morgan fingerprint density at radius 2 is 1.88 bits per heavy atom. The highest BCUT2D eigenvalue weighted by molar-refractivity contribution is 5.82. The first-order chi connectivity index (χ1) is 11.5. The number of hydrogen-bond acceptors (Lipinski definition) is 4. The molecule has 0 fully saturated rings. The Bertz CT molecular complexity index is 984. The summed E-state index contributed by atoms with van der Waals surface area (Å²) in [5.41, 5.74) is 1.37. The van der Waals surface area contributed by atoms with E-state index in [9.17, 15) is 9.59 Å². The summed E-state index contributed by atoms with van der Waals surface area (Å²) in [5.74, 6) is -0.0777. The van der Waals surface area contributed by atoms with Crippen molar-refractivity contribution in [1.29, 1.82) is 0 Å². The van der Waals surface area contributed by atoms with Gasteiger partial charge in [0.15, 0.2) is 12.4 Å². The predicted octanol–water partition coefficient (Wildman–Crippen LogP) is 2.71. The predicted molar refractivity (Wildman–Crippen MR) is 90.3 cm³/mol. The van der Waals surface area contributed by atoms with Gasteiger partial charge in [0.2, 0.25) is 0 Å². The molecule has 0 saturated heterocycles. The van der Waals surface area contributed by atoms with E-state index >= 15 is 0 Å². The fraction of sp³-hybridized carbons (Fsp3) is 0.105. The zero-order valence-corrected chi connectivity index (χ0v) is 13.4. The number of pyridine rings is 1. The Morgan fingerprint density at radius 3 is 2.58 bits per heavy atom. The molecule has 0 N–H and O–H groups in total. The Labute approximate surface area is 138 Å². The summed E-state index contributed by atoms with van der Waals surface area (Å²) in [6.07, 6.45) is 7.43. The zero-order valence-electron chi connectivity index (χ0n) is 13.4. The number of benzene rings is 1. The number of rotatable bonds is 3. The van der Waals surface area contributed by atoms with E-state index in [-0.39, 0.29) is 0 Å². The number of nitrogens with zero attached hydrogens (tertiary/aromatic N) is 1. The molecule has 24 heavy (non-hydrogen) atoms. The second-order valence-electron chi connectivity index (χ2n) is 5.41. The molecule has 0 aliphatic heterocycles. The van der Waals surface area contributed by atoms with Gasteiger partial charge >= 0.3 is 11.6 Å². The Kier molecular flexibility index (Phi) is 4.24. The third kappa shape index (κ3) is 3.57. The van der Waals surface area contributed by atoms with Gasteiger partial charge < -0.3 is 9.15 Å². The average Bonchev–Trinajstić information content (AvgIpc) is 2.54. The Hall–Kier alpha value is -3.21. The van der Waals surface area contributed by atoms with Crippen LogP contribution in [0.15, 0.2) is 58.0 Å². The summed E-state index contributed by atoms with van der Waals surface area (Å²) in [4.78, 5) is 23.1. The number of esters is 1. The van der Waals surface area contributed by atoms with Gasteiger partial charge in [0.05, 0.1) is 5.56 Å². The van der Waals surface area contributed by atoms with Gasteiger partial charge in [0.1, 0.15) is 18.4 Å². The summed E-state index contributed by atoms with van der Waals surface area (Å²) in [5, 5.41) is 0.754. The summed E-state index contributed by atoms with van der Waals surface area (Å²) in [6.45, 7) is 1.32. The van der Waals surface area contributed by atoms with E-state index in [1.165, 1.54) is 13.0 Å². The Balaban J connectivity index is 1.94. The van der Waals surface area contributed by atoms with Crippen molar-refractivity contribution in [2.24, 2.45) is 7.05 Å². The van der Waals surface area contributed by atoms with Crippen molar-refractivity contribution < 1.29 is 18.5 Å². The van der Waals surface area contributed by atoms with Crippen LogP contribution in [0.1, 0.15) is 18.1 Å². The average molecular weight is 322 g/mol. The van der Waals surface area contributed by atoms with E-state index < -0.39 is 11.6 Å². The van der Waals surface area contributed by atoms with Crippen LogP contribution < -0.4 is 14.9 Å². The summed E-state index contributed by atoms with van der Waals surface area (Å²) < 4.78 is 12.2. The molecule has 0 spiro atoms. The number of ether oxygens (including phenoxy) is 1. The van der Waals surface area contributed by atoms with Crippen molar-refractivity contribution in [3.8, 4) is 5.75 Å². The van der Waals surface area contributed by atoms with Crippen molar-refractivity contribution in [3.05, 3.63) is 70.3 Å². The van der Waals surface area contributed by atoms with Crippen molar-refractivity contribution in [3.63, 3.8) is 0 Å². The van der Waals surface area contributed by atoms with Gasteiger partial charge in [-0.2, -0.15) is 0 Å². The van der Waals surface area contributed by atoms with Gasteiger partial charge in [0, 0.05) is 30.5 Å². The molecular formula is C19H16NO4+.